The third-order valence-electron chi connectivity index (χ3n) is 4.99. The number of rotatable bonds is 5. The van der Waals surface area contributed by atoms with Crippen molar-refractivity contribution < 1.29 is 0 Å². The fourth-order valence-corrected chi connectivity index (χ4v) is 3.67. The molecule has 0 bridgehead atoms. The summed E-state index contributed by atoms with van der Waals surface area (Å²) < 4.78 is 0. The quantitative estimate of drug-likeness (QED) is 0.630. The zero-order valence-corrected chi connectivity index (χ0v) is 18.7. The molecule has 0 spiro atoms. The third-order valence-corrected chi connectivity index (χ3v) is 5.59. The van der Waals surface area contributed by atoms with Crippen LogP contribution in [0.25, 0.3) is 0 Å². The van der Waals surface area contributed by atoms with Crippen molar-refractivity contribution in [2.75, 3.05) is 49.9 Å². The van der Waals surface area contributed by atoms with Crippen molar-refractivity contribution >= 4 is 46.0 Å². The third kappa shape index (κ3) is 6.96. The second-order valence-corrected chi connectivity index (χ2v) is 8.17. The molecular formula is C22H29N5S2. The van der Waals surface area contributed by atoms with Crippen LogP contribution < -0.4 is 16.0 Å². The number of aryl methyl sites for hydroxylation is 2. The standard InChI is InChI=1S/C22H29N5S2/c1-17-3-7-19(8-4-17)24-21(28)23-11-12-26-13-15-27(16-14-26)22(29)25-20-9-5-18(2)6-10-20/h3-10H,11-16H2,1-2H3,(H,25,29)(H2,23,24,28). The second-order valence-electron chi connectivity index (χ2n) is 7.37. The molecule has 0 amide bonds. The maximum Gasteiger partial charge on any atom is 0.173 e. The van der Waals surface area contributed by atoms with Gasteiger partial charge in [-0.1, -0.05) is 35.4 Å². The number of anilines is 2. The van der Waals surface area contributed by atoms with E-state index in [1.807, 2.05) is 12.1 Å². The SMILES string of the molecule is Cc1ccc(NC(=S)NCCN2CCN(C(=S)Nc3ccc(C)cc3)CC2)cc1. The van der Waals surface area contributed by atoms with E-state index in [1.165, 1.54) is 11.1 Å². The van der Waals surface area contributed by atoms with Crippen LogP contribution >= 0.6 is 24.4 Å². The molecule has 0 aliphatic carbocycles. The highest BCUT2D eigenvalue weighted by molar-refractivity contribution is 7.80. The topological polar surface area (TPSA) is 42.6 Å². The molecule has 0 aromatic heterocycles. The molecule has 3 rings (SSSR count). The van der Waals surface area contributed by atoms with Crippen molar-refractivity contribution in [3.05, 3.63) is 59.7 Å². The Morgan fingerprint density at radius 2 is 1.31 bits per heavy atom. The molecule has 3 N–H and O–H groups in total. The monoisotopic (exact) mass is 427 g/mol. The van der Waals surface area contributed by atoms with Gasteiger partial charge in [-0.3, -0.25) is 4.90 Å². The maximum absolute atomic E-state index is 5.58. The average Bonchev–Trinajstić information content (AvgIpc) is 2.72. The fourth-order valence-electron chi connectivity index (χ4n) is 3.15. The number of hydrogen-bond acceptors (Lipinski definition) is 3. The lowest BCUT2D eigenvalue weighted by Gasteiger charge is -2.36. The van der Waals surface area contributed by atoms with Gasteiger partial charge in [-0.25, -0.2) is 0 Å². The van der Waals surface area contributed by atoms with Gasteiger partial charge in [0.2, 0.25) is 0 Å². The molecule has 5 nitrogen and oxygen atoms in total. The van der Waals surface area contributed by atoms with Crippen molar-refractivity contribution in [1.29, 1.82) is 0 Å². The van der Waals surface area contributed by atoms with E-state index in [-0.39, 0.29) is 0 Å². The van der Waals surface area contributed by atoms with Crippen molar-refractivity contribution in [3.63, 3.8) is 0 Å². The predicted molar refractivity (Wildman–Crippen MR) is 131 cm³/mol. The van der Waals surface area contributed by atoms with Gasteiger partial charge in [-0.05, 0) is 62.5 Å². The van der Waals surface area contributed by atoms with Crippen LogP contribution in [-0.4, -0.2) is 59.3 Å². The maximum atomic E-state index is 5.58. The van der Waals surface area contributed by atoms with Gasteiger partial charge in [0.1, 0.15) is 0 Å². The van der Waals surface area contributed by atoms with Crippen LogP contribution in [0.15, 0.2) is 48.5 Å². The highest BCUT2D eigenvalue weighted by Gasteiger charge is 2.18. The Morgan fingerprint density at radius 3 is 1.86 bits per heavy atom. The summed E-state index contributed by atoms with van der Waals surface area (Å²) >= 11 is 11.0. The first kappa shape index (κ1) is 21.5. The molecule has 154 valence electrons. The van der Waals surface area contributed by atoms with Gasteiger partial charge >= 0.3 is 0 Å². The zero-order valence-electron chi connectivity index (χ0n) is 17.1. The van der Waals surface area contributed by atoms with E-state index in [9.17, 15) is 0 Å². The largest absolute Gasteiger partial charge is 0.361 e. The summed E-state index contributed by atoms with van der Waals surface area (Å²) in [5, 5.41) is 11.3. The summed E-state index contributed by atoms with van der Waals surface area (Å²) in [6.07, 6.45) is 0. The Hall–Kier alpha value is -2.22. The van der Waals surface area contributed by atoms with Gasteiger partial charge in [-0.15, -0.1) is 0 Å². The summed E-state index contributed by atoms with van der Waals surface area (Å²) in [5.74, 6) is 0. The summed E-state index contributed by atoms with van der Waals surface area (Å²) in [5.41, 5.74) is 4.54. The molecule has 7 heteroatoms. The molecule has 1 aliphatic heterocycles. The van der Waals surface area contributed by atoms with Crippen LogP contribution in [0.1, 0.15) is 11.1 Å². The minimum absolute atomic E-state index is 0.663. The molecular weight excluding hydrogens is 398 g/mol. The number of piperazine rings is 1. The van der Waals surface area contributed by atoms with Gasteiger partial charge < -0.3 is 20.9 Å². The molecule has 0 radical (unpaired) electrons. The second kappa shape index (κ2) is 10.5. The average molecular weight is 428 g/mol. The molecule has 0 unspecified atom stereocenters. The number of benzene rings is 2. The fraction of sp³-hybridized carbons (Fsp3) is 0.364. The molecule has 1 saturated heterocycles. The van der Waals surface area contributed by atoms with Crippen molar-refractivity contribution in [1.82, 2.24) is 15.1 Å². The van der Waals surface area contributed by atoms with E-state index in [0.29, 0.717) is 5.11 Å². The molecule has 1 heterocycles. The molecule has 2 aromatic rings. The lowest BCUT2D eigenvalue weighted by Crippen LogP contribution is -2.51. The van der Waals surface area contributed by atoms with Crippen LogP contribution in [0.3, 0.4) is 0 Å². The van der Waals surface area contributed by atoms with Crippen LogP contribution in [-0.2, 0) is 0 Å². The Labute approximate surface area is 184 Å². The van der Waals surface area contributed by atoms with Crippen LogP contribution in [0.2, 0.25) is 0 Å². The molecule has 0 saturated carbocycles. The van der Waals surface area contributed by atoms with Crippen molar-refractivity contribution in [2.45, 2.75) is 13.8 Å². The van der Waals surface area contributed by atoms with Crippen molar-refractivity contribution in [2.24, 2.45) is 0 Å². The van der Waals surface area contributed by atoms with E-state index in [2.05, 4.69) is 76.0 Å². The smallest absolute Gasteiger partial charge is 0.173 e. The first-order valence-electron chi connectivity index (χ1n) is 9.96. The highest BCUT2D eigenvalue weighted by atomic mass is 32.1. The first-order chi connectivity index (χ1) is 14.0. The lowest BCUT2D eigenvalue weighted by atomic mass is 10.2. The Kier molecular flexibility index (Phi) is 7.80. The number of thiocarbonyl (C=S) groups is 2. The predicted octanol–water partition coefficient (Wildman–Crippen LogP) is 3.60. The molecule has 1 fully saturated rings. The van der Waals surface area contributed by atoms with Crippen molar-refractivity contribution in [3.8, 4) is 0 Å². The Morgan fingerprint density at radius 1 is 0.793 bits per heavy atom. The molecule has 29 heavy (non-hydrogen) atoms. The van der Waals surface area contributed by atoms with Crippen LogP contribution in [0.5, 0.6) is 0 Å². The number of hydrogen-bond donors (Lipinski definition) is 3. The summed E-state index contributed by atoms with van der Waals surface area (Å²) in [6, 6.07) is 16.5. The lowest BCUT2D eigenvalue weighted by molar-refractivity contribution is 0.186. The number of nitrogens with one attached hydrogen (secondary N) is 3. The van der Waals surface area contributed by atoms with Gasteiger partial charge in [0, 0.05) is 50.6 Å². The molecule has 1 aliphatic rings. The first-order valence-corrected chi connectivity index (χ1v) is 10.8. The minimum atomic E-state index is 0.663. The minimum Gasteiger partial charge on any atom is -0.361 e. The summed E-state index contributed by atoms with van der Waals surface area (Å²) in [4.78, 5) is 4.68. The zero-order chi connectivity index (χ0) is 20.6. The Bertz CT molecular complexity index is 809. The van der Waals surface area contributed by atoms with Gasteiger partial charge in [-0.2, -0.15) is 0 Å². The highest BCUT2D eigenvalue weighted by Crippen LogP contribution is 2.11. The van der Waals surface area contributed by atoms with E-state index in [1.54, 1.807) is 0 Å². The van der Waals surface area contributed by atoms with Crippen LogP contribution in [0, 0.1) is 13.8 Å². The molecule has 2 aromatic carbocycles. The van der Waals surface area contributed by atoms with Crippen LogP contribution in [0.4, 0.5) is 11.4 Å². The summed E-state index contributed by atoms with van der Waals surface area (Å²) in [7, 11) is 0. The van der Waals surface area contributed by atoms with E-state index in [0.717, 1.165) is 55.8 Å². The number of nitrogens with zero attached hydrogens (tertiary/aromatic N) is 2. The van der Waals surface area contributed by atoms with E-state index >= 15 is 0 Å². The summed E-state index contributed by atoms with van der Waals surface area (Å²) in [6.45, 7) is 9.80. The normalized spacial score (nSPS) is 14.3. The van der Waals surface area contributed by atoms with Gasteiger partial charge in [0.25, 0.3) is 0 Å². The Balaban J connectivity index is 1.33. The van der Waals surface area contributed by atoms with Gasteiger partial charge in [0.15, 0.2) is 10.2 Å². The molecule has 0 atom stereocenters. The van der Waals surface area contributed by atoms with E-state index in [4.69, 9.17) is 24.4 Å². The van der Waals surface area contributed by atoms with Gasteiger partial charge in [0.05, 0.1) is 0 Å². The van der Waals surface area contributed by atoms with E-state index < -0.39 is 0 Å².